The molecule has 2 nitrogen and oxygen atoms in total. The molecule has 0 fully saturated rings. The number of benzene rings is 1. The van der Waals surface area contributed by atoms with Gasteiger partial charge in [-0.05, 0) is 43.7 Å². The molecular formula is C12H12Cl2O2. The molecule has 0 heterocycles. The Kier molecular flexibility index (Phi) is 4.84. The molecule has 0 spiro atoms. The van der Waals surface area contributed by atoms with E-state index >= 15 is 0 Å². The Balaban J connectivity index is 2.62. The normalized spacial score (nSPS) is 11.4. The third-order valence-corrected chi connectivity index (χ3v) is 2.61. The average molecular weight is 259 g/mol. The van der Waals surface area contributed by atoms with Gasteiger partial charge < -0.3 is 4.74 Å². The summed E-state index contributed by atoms with van der Waals surface area (Å²) in [7, 11) is 0. The standard InChI is InChI=1S/C12H12Cl2O2/c1-8(9(2)15)5-6-16-12-4-3-10(13)7-11(12)14/h3-5,7H,6H2,1-2H3/b8-5+. The molecule has 1 aromatic rings. The summed E-state index contributed by atoms with van der Waals surface area (Å²) in [6.07, 6.45) is 1.72. The van der Waals surface area contributed by atoms with Crippen LogP contribution in [0.25, 0.3) is 0 Å². The molecule has 0 N–H and O–H groups in total. The van der Waals surface area contributed by atoms with Crippen LogP contribution < -0.4 is 4.74 Å². The van der Waals surface area contributed by atoms with Gasteiger partial charge in [-0.25, -0.2) is 0 Å². The summed E-state index contributed by atoms with van der Waals surface area (Å²) >= 11 is 11.7. The van der Waals surface area contributed by atoms with Crippen molar-refractivity contribution in [3.63, 3.8) is 0 Å². The average Bonchev–Trinajstić information content (AvgIpc) is 2.20. The first-order valence-corrected chi connectivity index (χ1v) is 5.52. The first-order chi connectivity index (χ1) is 7.50. The molecule has 0 aliphatic rings. The number of hydrogen-bond donors (Lipinski definition) is 0. The van der Waals surface area contributed by atoms with Crippen molar-refractivity contribution in [3.8, 4) is 5.75 Å². The second-order valence-corrected chi connectivity index (χ2v) is 4.17. The molecule has 16 heavy (non-hydrogen) atoms. The second-order valence-electron chi connectivity index (χ2n) is 3.33. The zero-order valence-electron chi connectivity index (χ0n) is 9.09. The Bertz CT molecular complexity index is 425. The molecule has 0 aromatic heterocycles. The minimum Gasteiger partial charge on any atom is -0.488 e. The smallest absolute Gasteiger partial charge is 0.155 e. The van der Waals surface area contributed by atoms with Crippen molar-refractivity contribution in [1.29, 1.82) is 0 Å². The number of halogens is 2. The number of allylic oxidation sites excluding steroid dienone is 1. The first kappa shape index (κ1) is 13.1. The van der Waals surface area contributed by atoms with Gasteiger partial charge in [0.1, 0.15) is 12.4 Å². The molecule has 86 valence electrons. The quantitative estimate of drug-likeness (QED) is 0.766. The highest BCUT2D eigenvalue weighted by Gasteiger charge is 2.01. The Labute approximate surface area is 105 Å². The van der Waals surface area contributed by atoms with E-state index in [-0.39, 0.29) is 5.78 Å². The Morgan fingerprint density at radius 1 is 1.38 bits per heavy atom. The van der Waals surface area contributed by atoms with Crippen molar-refractivity contribution in [2.75, 3.05) is 6.61 Å². The molecule has 4 heteroatoms. The molecular weight excluding hydrogens is 247 g/mol. The molecule has 1 rings (SSSR count). The van der Waals surface area contributed by atoms with Crippen molar-refractivity contribution in [2.24, 2.45) is 0 Å². The maximum atomic E-state index is 10.9. The first-order valence-electron chi connectivity index (χ1n) is 4.76. The van der Waals surface area contributed by atoms with E-state index in [1.54, 1.807) is 31.2 Å². The van der Waals surface area contributed by atoms with Crippen LogP contribution in [0.4, 0.5) is 0 Å². The molecule has 0 saturated carbocycles. The Hall–Kier alpha value is -0.990. The summed E-state index contributed by atoms with van der Waals surface area (Å²) in [6.45, 7) is 3.57. The fraction of sp³-hybridized carbons (Fsp3) is 0.250. The molecule has 0 amide bonds. The lowest BCUT2D eigenvalue weighted by Gasteiger charge is -2.06. The van der Waals surface area contributed by atoms with Crippen molar-refractivity contribution in [3.05, 3.63) is 39.9 Å². The fourth-order valence-electron chi connectivity index (χ4n) is 0.992. The molecule has 0 radical (unpaired) electrons. The van der Waals surface area contributed by atoms with E-state index in [9.17, 15) is 4.79 Å². The van der Waals surface area contributed by atoms with Crippen LogP contribution in [0, 0.1) is 0 Å². The molecule has 0 aliphatic carbocycles. The van der Waals surface area contributed by atoms with E-state index in [2.05, 4.69) is 0 Å². The molecule has 0 aliphatic heterocycles. The fourth-order valence-corrected chi connectivity index (χ4v) is 1.46. The van der Waals surface area contributed by atoms with Gasteiger partial charge in [0.25, 0.3) is 0 Å². The summed E-state index contributed by atoms with van der Waals surface area (Å²) in [6, 6.07) is 5.01. The zero-order valence-corrected chi connectivity index (χ0v) is 10.6. The van der Waals surface area contributed by atoms with Crippen molar-refractivity contribution in [1.82, 2.24) is 0 Å². The van der Waals surface area contributed by atoms with Crippen LogP contribution in [-0.2, 0) is 4.79 Å². The van der Waals surface area contributed by atoms with Crippen LogP contribution in [0.5, 0.6) is 5.75 Å². The highest BCUT2D eigenvalue weighted by molar-refractivity contribution is 6.35. The maximum absolute atomic E-state index is 10.9. The van der Waals surface area contributed by atoms with Crippen molar-refractivity contribution in [2.45, 2.75) is 13.8 Å². The number of Topliss-reactive ketones (excluding diaryl/α,β-unsaturated/α-hetero) is 1. The van der Waals surface area contributed by atoms with Crippen LogP contribution in [0.15, 0.2) is 29.8 Å². The molecule has 0 unspecified atom stereocenters. The van der Waals surface area contributed by atoms with E-state index in [4.69, 9.17) is 27.9 Å². The van der Waals surface area contributed by atoms with Crippen LogP contribution >= 0.6 is 23.2 Å². The lowest BCUT2D eigenvalue weighted by Crippen LogP contribution is -1.98. The largest absolute Gasteiger partial charge is 0.488 e. The van der Waals surface area contributed by atoms with Crippen LogP contribution in [0.2, 0.25) is 10.0 Å². The van der Waals surface area contributed by atoms with E-state index in [0.717, 1.165) is 0 Å². The van der Waals surface area contributed by atoms with Gasteiger partial charge in [-0.3, -0.25) is 4.79 Å². The van der Waals surface area contributed by atoms with Crippen molar-refractivity contribution >= 4 is 29.0 Å². The monoisotopic (exact) mass is 258 g/mol. The summed E-state index contributed by atoms with van der Waals surface area (Å²) in [5, 5.41) is 1.02. The van der Waals surface area contributed by atoms with E-state index in [1.165, 1.54) is 6.92 Å². The lowest BCUT2D eigenvalue weighted by atomic mass is 10.2. The number of carbonyl (C=O) groups excluding carboxylic acids is 1. The highest BCUT2D eigenvalue weighted by atomic mass is 35.5. The van der Waals surface area contributed by atoms with Gasteiger partial charge in [0.05, 0.1) is 5.02 Å². The second kappa shape index (κ2) is 5.92. The van der Waals surface area contributed by atoms with Gasteiger partial charge in [0.15, 0.2) is 5.78 Å². The SMILES string of the molecule is CC(=O)/C(C)=C/COc1ccc(Cl)cc1Cl. The number of rotatable bonds is 4. The van der Waals surface area contributed by atoms with Gasteiger partial charge in [0.2, 0.25) is 0 Å². The van der Waals surface area contributed by atoms with Gasteiger partial charge in [-0.2, -0.15) is 0 Å². The van der Waals surface area contributed by atoms with Crippen LogP contribution in [-0.4, -0.2) is 12.4 Å². The number of ketones is 1. The summed E-state index contributed by atoms with van der Waals surface area (Å²) in [5.41, 5.74) is 0.671. The van der Waals surface area contributed by atoms with Crippen molar-refractivity contribution < 1.29 is 9.53 Å². The molecule has 0 saturated heterocycles. The summed E-state index contributed by atoms with van der Waals surface area (Å²) in [5.74, 6) is 0.587. The maximum Gasteiger partial charge on any atom is 0.155 e. The van der Waals surface area contributed by atoms with Gasteiger partial charge in [0, 0.05) is 5.02 Å². The predicted molar refractivity (Wildman–Crippen MR) is 66.4 cm³/mol. The van der Waals surface area contributed by atoms with E-state index in [0.29, 0.717) is 28.0 Å². The number of carbonyl (C=O) groups is 1. The number of hydrogen-bond acceptors (Lipinski definition) is 2. The van der Waals surface area contributed by atoms with Gasteiger partial charge in [-0.1, -0.05) is 23.2 Å². The summed E-state index contributed by atoms with van der Waals surface area (Å²) in [4.78, 5) is 10.9. The lowest BCUT2D eigenvalue weighted by molar-refractivity contribution is -0.113. The minimum atomic E-state index is 0.0332. The minimum absolute atomic E-state index is 0.0332. The number of ether oxygens (including phenoxy) is 1. The Morgan fingerprint density at radius 2 is 2.06 bits per heavy atom. The van der Waals surface area contributed by atoms with Crippen LogP contribution in [0.3, 0.4) is 0 Å². The van der Waals surface area contributed by atoms with Gasteiger partial charge >= 0.3 is 0 Å². The third kappa shape index (κ3) is 3.87. The van der Waals surface area contributed by atoms with Gasteiger partial charge in [-0.15, -0.1) is 0 Å². The van der Waals surface area contributed by atoms with E-state index < -0.39 is 0 Å². The molecule has 0 atom stereocenters. The highest BCUT2D eigenvalue weighted by Crippen LogP contribution is 2.27. The molecule has 0 bridgehead atoms. The molecule has 1 aromatic carbocycles. The topological polar surface area (TPSA) is 26.3 Å². The van der Waals surface area contributed by atoms with Crippen LogP contribution in [0.1, 0.15) is 13.8 Å². The zero-order chi connectivity index (χ0) is 12.1. The predicted octanol–water partition coefficient (Wildman–Crippen LogP) is 3.91. The summed E-state index contributed by atoms with van der Waals surface area (Å²) < 4.78 is 5.39. The Morgan fingerprint density at radius 3 is 2.62 bits per heavy atom. The van der Waals surface area contributed by atoms with E-state index in [1.807, 2.05) is 0 Å². The third-order valence-electron chi connectivity index (χ3n) is 2.08.